The molecule has 0 spiro atoms. The van der Waals surface area contributed by atoms with E-state index in [1.807, 2.05) is 0 Å². The van der Waals surface area contributed by atoms with Crippen LogP contribution >= 0.6 is 11.6 Å². The van der Waals surface area contributed by atoms with E-state index in [0.29, 0.717) is 28.5 Å². The highest BCUT2D eigenvalue weighted by atomic mass is 35.5. The van der Waals surface area contributed by atoms with Gasteiger partial charge < -0.3 is 14.9 Å². The summed E-state index contributed by atoms with van der Waals surface area (Å²) < 4.78 is 5.47. The molecule has 0 bridgehead atoms. The van der Waals surface area contributed by atoms with Gasteiger partial charge in [0.25, 0.3) is 0 Å². The molecule has 7 heteroatoms. The third-order valence-corrected chi connectivity index (χ3v) is 3.05. The SMILES string of the molecule is CCOc1ccc(Cl)cc1-c1cc(C(=O)O)nc(C(=O)O)c1. The van der Waals surface area contributed by atoms with Crippen LogP contribution in [-0.4, -0.2) is 33.7 Å². The summed E-state index contributed by atoms with van der Waals surface area (Å²) in [7, 11) is 0. The van der Waals surface area contributed by atoms with Crippen molar-refractivity contribution in [2.45, 2.75) is 6.92 Å². The second-order valence-corrected chi connectivity index (χ2v) is 4.75. The Morgan fingerprint density at radius 3 is 2.23 bits per heavy atom. The van der Waals surface area contributed by atoms with Crippen LogP contribution in [0.15, 0.2) is 30.3 Å². The minimum absolute atomic E-state index is 0.357. The van der Waals surface area contributed by atoms with E-state index in [-0.39, 0.29) is 11.4 Å². The fourth-order valence-corrected chi connectivity index (χ4v) is 2.09. The van der Waals surface area contributed by atoms with Crippen molar-refractivity contribution in [3.63, 3.8) is 0 Å². The number of rotatable bonds is 5. The number of benzene rings is 1. The molecule has 0 saturated carbocycles. The zero-order valence-electron chi connectivity index (χ0n) is 11.5. The van der Waals surface area contributed by atoms with Gasteiger partial charge in [-0.2, -0.15) is 0 Å². The summed E-state index contributed by atoms with van der Waals surface area (Å²) in [6, 6.07) is 7.42. The van der Waals surface area contributed by atoms with Gasteiger partial charge in [-0.25, -0.2) is 14.6 Å². The van der Waals surface area contributed by atoms with E-state index in [4.69, 9.17) is 26.6 Å². The number of nitrogens with zero attached hydrogens (tertiary/aromatic N) is 1. The number of halogens is 1. The molecule has 22 heavy (non-hydrogen) atoms. The normalized spacial score (nSPS) is 10.3. The highest BCUT2D eigenvalue weighted by molar-refractivity contribution is 6.31. The number of pyridine rings is 1. The van der Waals surface area contributed by atoms with E-state index in [0.717, 1.165) is 0 Å². The average Bonchev–Trinajstić information content (AvgIpc) is 2.48. The van der Waals surface area contributed by atoms with Gasteiger partial charge in [0, 0.05) is 10.6 Å². The van der Waals surface area contributed by atoms with Gasteiger partial charge in [-0.05, 0) is 42.8 Å². The molecule has 0 amide bonds. The van der Waals surface area contributed by atoms with Gasteiger partial charge in [-0.3, -0.25) is 0 Å². The van der Waals surface area contributed by atoms with Gasteiger partial charge in [0.1, 0.15) is 17.1 Å². The Kier molecular flexibility index (Phi) is 4.62. The molecular weight excluding hydrogens is 310 g/mol. The van der Waals surface area contributed by atoms with Gasteiger partial charge in [0.15, 0.2) is 0 Å². The molecule has 0 radical (unpaired) electrons. The fourth-order valence-electron chi connectivity index (χ4n) is 1.91. The fraction of sp³-hybridized carbons (Fsp3) is 0.133. The van der Waals surface area contributed by atoms with Crippen LogP contribution in [0.4, 0.5) is 0 Å². The Balaban J connectivity index is 2.68. The molecule has 0 aliphatic carbocycles. The highest BCUT2D eigenvalue weighted by Gasteiger charge is 2.16. The minimum atomic E-state index is -1.32. The molecule has 6 nitrogen and oxygen atoms in total. The summed E-state index contributed by atoms with van der Waals surface area (Å²) >= 11 is 5.97. The molecule has 0 atom stereocenters. The van der Waals surface area contributed by atoms with E-state index in [1.54, 1.807) is 25.1 Å². The maximum absolute atomic E-state index is 11.1. The van der Waals surface area contributed by atoms with E-state index in [2.05, 4.69) is 4.98 Å². The van der Waals surface area contributed by atoms with Crippen molar-refractivity contribution < 1.29 is 24.5 Å². The van der Waals surface area contributed by atoms with E-state index in [9.17, 15) is 9.59 Å². The molecule has 0 saturated heterocycles. The number of aromatic carboxylic acids is 2. The van der Waals surface area contributed by atoms with Crippen LogP contribution < -0.4 is 4.74 Å². The molecule has 2 rings (SSSR count). The maximum atomic E-state index is 11.1. The quantitative estimate of drug-likeness (QED) is 0.877. The molecule has 0 unspecified atom stereocenters. The molecule has 0 aliphatic rings. The van der Waals surface area contributed by atoms with Crippen molar-refractivity contribution in [3.8, 4) is 16.9 Å². The Hall–Kier alpha value is -2.60. The molecule has 0 fully saturated rings. The number of hydrogen-bond donors (Lipinski definition) is 2. The Labute approximate surface area is 130 Å². The Bertz CT molecular complexity index is 712. The van der Waals surface area contributed by atoms with Crippen LogP contribution in [0.2, 0.25) is 5.02 Å². The van der Waals surface area contributed by atoms with E-state index < -0.39 is 11.9 Å². The molecular formula is C15H12ClNO5. The summed E-state index contributed by atoms with van der Waals surface area (Å²) in [6.45, 7) is 2.20. The minimum Gasteiger partial charge on any atom is -0.493 e. The largest absolute Gasteiger partial charge is 0.493 e. The lowest BCUT2D eigenvalue weighted by Gasteiger charge is -2.12. The van der Waals surface area contributed by atoms with E-state index in [1.165, 1.54) is 12.1 Å². The van der Waals surface area contributed by atoms with Gasteiger partial charge >= 0.3 is 11.9 Å². The third-order valence-electron chi connectivity index (χ3n) is 2.82. The summed E-state index contributed by atoms with van der Waals surface area (Å²) in [6.07, 6.45) is 0. The van der Waals surface area contributed by atoms with Crippen molar-refractivity contribution in [2.75, 3.05) is 6.61 Å². The molecule has 1 heterocycles. The number of hydrogen-bond acceptors (Lipinski definition) is 4. The first-order valence-electron chi connectivity index (χ1n) is 6.33. The molecule has 1 aromatic carbocycles. The number of carboxylic acids is 2. The van der Waals surface area contributed by atoms with Gasteiger partial charge in [-0.15, -0.1) is 0 Å². The summed E-state index contributed by atoms with van der Waals surface area (Å²) in [5.41, 5.74) is 0.132. The molecule has 2 N–H and O–H groups in total. The summed E-state index contributed by atoms with van der Waals surface area (Å²) in [4.78, 5) is 25.8. The molecule has 1 aromatic heterocycles. The number of carbonyl (C=O) groups is 2. The second-order valence-electron chi connectivity index (χ2n) is 4.31. The zero-order valence-corrected chi connectivity index (χ0v) is 12.3. The highest BCUT2D eigenvalue weighted by Crippen LogP contribution is 2.33. The van der Waals surface area contributed by atoms with Crippen LogP contribution in [0.3, 0.4) is 0 Å². The smallest absolute Gasteiger partial charge is 0.354 e. The Morgan fingerprint density at radius 1 is 1.14 bits per heavy atom. The zero-order chi connectivity index (χ0) is 16.3. The first-order valence-corrected chi connectivity index (χ1v) is 6.71. The second kappa shape index (κ2) is 6.44. The van der Waals surface area contributed by atoms with Crippen LogP contribution in [0.25, 0.3) is 11.1 Å². The van der Waals surface area contributed by atoms with E-state index >= 15 is 0 Å². The van der Waals surface area contributed by atoms with Crippen molar-refractivity contribution in [1.29, 1.82) is 0 Å². The van der Waals surface area contributed by atoms with Crippen LogP contribution in [0.1, 0.15) is 27.9 Å². The summed E-state index contributed by atoms with van der Waals surface area (Å²) in [5.74, 6) is -2.15. The van der Waals surface area contributed by atoms with Gasteiger partial charge in [-0.1, -0.05) is 11.6 Å². The first-order chi connectivity index (χ1) is 10.4. The predicted molar refractivity (Wildman–Crippen MR) is 79.8 cm³/mol. The monoisotopic (exact) mass is 321 g/mol. The lowest BCUT2D eigenvalue weighted by molar-refractivity contribution is 0.0685. The molecule has 2 aromatic rings. The van der Waals surface area contributed by atoms with Crippen molar-refractivity contribution in [2.24, 2.45) is 0 Å². The maximum Gasteiger partial charge on any atom is 0.354 e. The number of ether oxygens (including phenoxy) is 1. The summed E-state index contributed by atoms with van der Waals surface area (Å²) in [5, 5.41) is 18.6. The number of carboxylic acid groups (broad SMARTS) is 2. The van der Waals surface area contributed by atoms with Crippen molar-refractivity contribution in [1.82, 2.24) is 4.98 Å². The first kappa shape index (κ1) is 15.8. The molecule has 0 aliphatic heterocycles. The van der Waals surface area contributed by atoms with Crippen LogP contribution in [-0.2, 0) is 0 Å². The average molecular weight is 322 g/mol. The Morgan fingerprint density at radius 2 is 1.73 bits per heavy atom. The topological polar surface area (TPSA) is 96.7 Å². The number of aromatic nitrogens is 1. The van der Waals surface area contributed by atoms with Crippen LogP contribution in [0, 0.1) is 0 Å². The standard InChI is InChI=1S/C15H12ClNO5/c1-2-22-13-4-3-9(16)7-10(13)8-5-11(14(18)19)17-12(6-8)15(20)21/h3-7H,2H2,1H3,(H,18,19)(H,20,21). The molecule has 114 valence electrons. The van der Waals surface area contributed by atoms with Crippen molar-refractivity contribution in [3.05, 3.63) is 46.7 Å². The van der Waals surface area contributed by atoms with Crippen LogP contribution in [0.5, 0.6) is 5.75 Å². The lowest BCUT2D eigenvalue weighted by Crippen LogP contribution is -2.08. The predicted octanol–water partition coefficient (Wildman–Crippen LogP) is 3.20. The van der Waals surface area contributed by atoms with Gasteiger partial charge in [0.2, 0.25) is 0 Å². The van der Waals surface area contributed by atoms with Gasteiger partial charge in [0.05, 0.1) is 6.61 Å². The lowest BCUT2D eigenvalue weighted by atomic mass is 10.0. The van der Waals surface area contributed by atoms with Crippen molar-refractivity contribution >= 4 is 23.5 Å². The third kappa shape index (κ3) is 3.35.